The van der Waals surface area contributed by atoms with Crippen LogP contribution in [0.4, 0.5) is 5.82 Å². The molecule has 5 heteroatoms. The van der Waals surface area contributed by atoms with Gasteiger partial charge in [0.1, 0.15) is 5.82 Å². The lowest BCUT2D eigenvalue weighted by molar-refractivity contribution is 0.0953. The molecule has 0 atom stereocenters. The van der Waals surface area contributed by atoms with Gasteiger partial charge in [-0.25, -0.2) is 4.98 Å². The van der Waals surface area contributed by atoms with Gasteiger partial charge in [0.15, 0.2) is 0 Å². The number of carbonyl (C=O) groups is 1. The highest BCUT2D eigenvalue weighted by Crippen LogP contribution is 2.17. The number of amides is 1. The van der Waals surface area contributed by atoms with Gasteiger partial charge in [-0.15, -0.1) is 0 Å². The van der Waals surface area contributed by atoms with Gasteiger partial charge in [-0.05, 0) is 58.6 Å². The maximum absolute atomic E-state index is 11.9. The molecule has 0 spiro atoms. The van der Waals surface area contributed by atoms with E-state index in [1.807, 2.05) is 37.3 Å². The molecule has 2 rings (SSSR count). The van der Waals surface area contributed by atoms with Gasteiger partial charge in [0.25, 0.3) is 5.91 Å². The van der Waals surface area contributed by atoms with Crippen molar-refractivity contribution in [1.82, 2.24) is 10.3 Å². The van der Waals surface area contributed by atoms with Gasteiger partial charge in [-0.1, -0.05) is 25.5 Å². The summed E-state index contributed by atoms with van der Waals surface area (Å²) < 4.78 is 0.971. The Bertz CT molecular complexity index is 656. The first-order chi connectivity index (χ1) is 11.1. The lowest BCUT2D eigenvalue weighted by Gasteiger charge is -2.09. The maximum Gasteiger partial charge on any atom is 0.251 e. The highest BCUT2D eigenvalue weighted by Gasteiger charge is 2.05. The van der Waals surface area contributed by atoms with E-state index in [0.717, 1.165) is 40.8 Å². The van der Waals surface area contributed by atoms with Crippen LogP contribution in [0.5, 0.6) is 0 Å². The van der Waals surface area contributed by atoms with Crippen LogP contribution in [-0.4, -0.2) is 17.4 Å². The molecule has 0 aliphatic carbocycles. The van der Waals surface area contributed by atoms with Gasteiger partial charge in [-0.2, -0.15) is 0 Å². The first kappa shape index (κ1) is 17.5. The second-order valence-electron chi connectivity index (χ2n) is 5.48. The fraction of sp³-hybridized carbons (Fsp3) is 0.333. The second kappa shape index (κ2) is 8.67. The minimum absolute atomic E-state index is 0.0108. The Kier molecular flexibility index (Phi) is 6.59. The van der Waals surface area contributed by atoms with Crippen LogP contribution in [0, 0.1) is 6.92 Å². The molecule has 0 fully saturated rings. The Hall–Kier alpha value is -1.88. The van der Waals surface area contributed by atoms with E-state index in [1.54, 1.807) is 6.20 Å². The summed E-state index contributed by atoms with van der Waals surface area (Å²) in [6, 6.07) is 9.69. The summed E-state index contributed by atoms with van der Waals surface area (Å²) in [5.41, 5.74) is 2.90. The molecule has 0 unspecified atom stereocenters. The summed E-state index contributed by atoms with van der Waals surface area (Å²) in [4.78, 5) is 16.3. The smallest absolute Gasteiger partial charge is 0.251 e. The van der Waals surface area contributed by atoms with Crippen molar-refractivity contribution >= 4 is 27.7 Å². The summed E-state index contributed by atoms with van der Waals surface area (Å²) in [7, 11) is 0. The number of pyridine rings is 1. The zero-order valence-corrected chi connectivity index (χ0v) is 15.1. The Labute approximate surface area is 145 Å². The Morgan fingerprint density at radius 3 is 2.65 bits per heavy atom. The monoisotopic (exact) mass is 375 g/mol. The number of anilines is 1. The maximum atomic E-state index is 11.9. The molecule has 0 saturated heterocycles. The van der Waals surface area contributed by atoms with Crippen molar-refractivity contribution in [1.29, 1.82) is 0 Å². The van der Waals surface area contributed by atoms with Gasteiger partial charge in [0, 0.05) is 29.3 Å². The van der Waals surface area contributed by atoms with Gasteiger partial charge in [-0.3, -0.25) is 4.79 Å². The van der Waals surface area contributed by atoms with Crippen LogP contribution >= 0.6 is 15.9 Å². The molecule has 0 aliphatic rings. The first-order valence-electron chi connectivity index (χ1n) is 7.83. The van der Waals surface area contributed by atoms with E-state index in [-0.39, 0.29) is 5.91 Å². The largest absolute Gasteiger partial charge is 0.366 e. The second-order valence-corrected chi connectivity index (χ2v) is 6.39. The molecule has 1 aromatic heterocycles. The zero-order chi connectivity index (χ0) is 16.7. The normalized spacial score (nSPS) is 10.4. The van der Waals surface area contributed by atoms with Gasteiger partial charge in [0.2, 0.25) is 0 Å². The molecule has 0 aliphatic heterocycles. The molecule has 1 heterocycles. The third kappa shape index (κ3) is 5.36. The number of unbranched alkanes of at least 4 members (excludes halogenated alkanes) is 1. The molecular weight excluding hydrogens is 354 g/mol. The number of aryl methyl sites for hydroxylation is 1. The highest BCUT2D eigenvalue weighted by atomic mass is 79.9. The van der Waals surface area contributed by atoms with E-state index in [2.05, 4.69) is 38.5 Å². The van der Waals surface area contributed by atoms with E-state index in [9.17, 15) is 4.79 Å². The number of benzene rings is 1. The van der Waals surface area contributed by atoms with E-state index >= 15 is 0 Å². The summed E-state index contributed by atoms with van der Waals surface area (Å²) in [6.07, 6.45) is 3.86. The first-order valence-corrected chi connectivity index (χ1v) is 8.62. The predicted octanol–water partition coefficient (Wildman–Crippen LogP) is 4.29. The minimum Gasteiger partial charge on any atom is -0.366 e. The van der Waals surface area contributed by atoms with Crippen molar-refractivity contribution in [3.8, 4) is 0 Å². The molecule has 2 aromatic rings. The van der Waals surface area contributed by atoms with E-state index in [4.69, 9.17) is 0 Å². The van der Waals surface area contributed by atoms with Crippen LogP contribution in [-0.2, 0) is 6.54 Å². The predicted molar refractivity (Wildman–Crippen MR) is 97.7 cm³/mol. The molecule has 0 bridgehead atoms. The standard InChI is InChI=1S/C18H22BrN3O/c1-3-4-9-20-18(23)15-7-5-14(6-8-15)11-21-17-13(2)10-16(19)12-22-17/h5-8,10,12H,3-4,9,11H2,1-2H3,(H,20,23)(H,21,22). The number of aromatic nitrogens is 1. The van der Waals surface area contributed by atoms with Crippen molar-refractivity contribution in [3.05, 3.63) is 57.7 Å². The molecule has 0 radical (unpaired) electrons. The molecular formula is C18H22BrN3O. The lowest BCUT2D eigenvalue weighted by atomic mass is 10.1. The SMILES string of the molecule is CCCCNC(=O)c1ccc(CNc2ncc(Br)cc2C)cc1. The van der Waals surface area contributed by atoms with Gasteiger partial charge >= 0.3 is 0 Å². The van der Waals surface area contributed by atoms with Crippen molar-refractivity contribution in [2.75, 3.05) is 11.9 Å². The molecule has 122 valence electrons. The molecule has 0 saturated carbocycles. The Balaban J connectivity index is 1.91. The molecule has 23 heavy (non-hydrogen) atoms. The number of halogens is 1. The van der Waals surface area contributed by atoms with Crippen LogP contribution in [0.3, 0.4) is 0 Å². The highest BCUT2D eigenvalue weighted by molar-refractivity contribution is 9.10. The number of hydrogen-bond donors (Lipinski definition) is 2. The average molecular weight is 376 g/mol. The number of hydrogen-bond acceptors (Lipinski definition) is 3. The van der Waals surface area contributed by atoms with Gasteiger partial charge in [0.05, 0.1) is 0 Å². The van der Waals surface area contributed by atoms with E-state index in [0.29, 0.717) is 12.1 Å². The fourth-order valence-electron chi connectivity index (χ4n) is 2.17. The average Bonchev–Trinajstić information content (AvgIpc) is 2.55. The Morgan fingerprint density at radius 2 is 2.00 bits per heavy atom. The third-order valence-corrected chi connectivity index (χ3v) is 3.97. The quantitative estimate of drug-likeness (QED) is 0.709. The number of rotatable bonds is 7. The molecule has 4 nitrogen and oxygen atoms in total. The molecule has 1 amide bonds. The summed E-state index contributed by atoms with van der Waals surface area (Å²) >= 11 is 3.41. The van der Waals surface area contributed by atoms with Crippen molar-refractivity contribution in [3.63, 3.8) is 0 Å². The summed E-state index contributed by atoms with van der Waals surface area (Å²) in [5, 5.41) is 6.24. The lowest BCUT2D eigenvalue weighted by Crippen LogP contribution is -2.24. The Morgan fingerprint density at radius 1 is 1.26 bits per heavy atom. The summed E-state index contributed by atoms with van der Waals surface area (Å²) in [6.45, 7) is 5.53. The van der Waals surface area contributed by atoms with Crippen LogP contribution in [0.2, 0.25) is 0 Å². The number of nitrogens with one attached hydrogen (secondary N) is 2. The topological polar surface area (TPSA) is 54.0 Å². The molecule has 2 N–H and O–H groups in total. The van der Waals surface area contributed by atoms with Gasteiger partial charge < -0.3 is 10.6 Å². The zero-order valence-electron chi connectivity index (χ0n) is 13.5. The number of carbonyl (C=O) groups excluding carboxylic acids is 1. The van der Waals surface area contributed by atoms with Crippen LogP contribution in [0.1, 0.15) is 41.3 Å². The van der Waals surface area contributed by atoms with E-state index < -0.39 is 0 Å². The van der Waals surface area contributed by atoms with Crippen LogP contribution < -0.4 is 10.6 Å². The van der Waals surface area contributed by atoms with Crippen LogP contribution in [0.25, 0.3) is 0 Å². The third-order valence-electron chi connectivity index (χ3n) is 3.54. The summed E-state index contributed by atoms with van der Waals surface area (Å²) in [5.74, 6) is 0.859. The molecule has 1 aromatic carbocycles. The number of nitrogens with zero attached hydrogens (tertiary/aromatic N) is 1. The van der Waals surface area contributed by atoms with Crippen molar-refractivity contribution in [2.24, 2.45) is 0 Å². The van der Waals surface area contributed by atoms with Crippen LogP contribution in [0.15, 0.2) is 41.0 Å². The van der Waals surface area contributed by atoms with Crippen molar-refractivity contribution < 1.29 is 4.79 Å². The van der Waals surface area contributed by atoms with Crippen molar-refractivity contribution in [2.45, 2.75) is 33.2 Å². The fourth-order valence-corrected chi connectivity index (χ4v) is 2.61. The van der Waals surface area contributed by atoms with E-state index in [1.165, 1.54) is 0 Å². The minimum atomic E-state index is -0.0108.